The average molecular weight is 361 g/mol. The lowest BCUT2D eigenvalue weighted by Crippen LogP contribution is -2.58. The molecule has 3 heterocycles. The van der Waals surface area contributed by atoms with Gasteiger partial charge in [-0.3, -0.25) is 9.59 Å². The molecule has 2 aromatic rings. The molecule has 5 aliphatic carbocycles. The van der Waals surface area contributed by atoms with Gasteiger partial charge in [-0.05, 0) is 35.8 Å². The van der Waals surface area contributed by atoms with Crippen LogP contribution in [-0.4, -0.2) is 25.5 Å². The van der Waals surface area contributed by atoms with Crippen LogP contribution in [-0.2, 0) is 9.59 Å². The summed E-state index contributed by atoms with van der Waals surface area (Å²) in [6.45, 7) is 0. The summed E-state index contributed by atoms with van der Waals surface area (Å²) in [5, 5.41) is 0. The predicted molar refractivity (Wildman–Crippen MR) is 90.4 cm³/mol. The van der Waals surface area contributed by atoms with Crippen LogP contribution in [0, 0.1) is 34.5 Å². The van der Waals surface area contributed by atoms with Crippen molar-refractivity contribution in [3.8, 4) is 5.69 Å². The molecule has 2 spiro atoms. The number of para-hydroxylation sites is 1. The fourth-order valence-corrected chi connectivity index (χ4v) is 8.56. The first-order valence-electron chi connectivity index (χ1n) is 9.67. The monoisotopic (exact) mass is 361 g/mol. The van der Waals surface area contributed by atoms with Gasteiger partial charge in [0.15, 0.2) is 0 Å². The van der Waals surface area contributed by atoms with Crippen LogP contribution in [0.3, 0.4) is 0 Å². The van der Waals surface area contributed by atoms with E-state index in [1.165, 1.54) is 4.57 Å². The highest BCUT2D eigenvalue weighted by Gasteiger charge is 3.07. The van der Waals surface area contributed by atoms with Crippen LogP contribution in [0.1, 0.15) is 24.9 Å². The molecule has 0 saturated heterocycles. The summed E-state index contributed by atoms with van der Waals surface area (Å²) < 4.78 is 4.35. The molecule has 0 amide bonds. The Morgan fingerprint density at radius 3 is 1.78 bits per heavy atom. The van der Waals surface area contributed by atoms with Crippen molar-refractivity contribution in [1.82, 2.24) is 13.9 Å². The molecule has 2 unspecified atom stereocenters. The minimum atomic E-state index is -0.684. The third kappa shape index (κ3) is 0.918. The normalized spacial score (nSPS) is 48.4. The number of aromatic nitrogens is 3. The maximum atomic E-state index is 13.3. The topological polar surface area (TPSA) is 83.1 Å². The van der Waals surface area contributed by atoms with Crippen molar-refractivity contribution in [3.05, 3.63) is 51.3 Å². The first-order chi connectivity index (χ1) is 13.1. The molecule has 0 N–H and O–H groups in total. The van der Waals surface area contributed by atoms with Gasteiger partial charge in [-0.15, -0.1) is 0 Å². The summed E-state index contributed by atoms with van der Waals surface area (Å²) >= 11 is 0. The molecule has 2 aliphatic heterocycles. The van der Waals surface area contributed by atoms with Crippen molar-refractivity contribution in [1.29, 1.82) is 0 Å². The van der Waals surface area contributed by atoms with Crippen LogP contribution in [0.4, 0.5) is 0 Å². The molecule has 134 valence electrons. The zero-order valence-corrected chi connectivity index (χ0v) is 14.2. The Kier molecular flexibility index (Phi) is 1.70. The molecular formula is C20H15N3O4. The van der Waals surface area contributed by atoms with Gasteiger partial charge in [-0.2, -0.15) is 0 Å². The molecule has 27 heavy (non-hydrogen) atoms. The fraction of sp³-hybridized carbons (Fsp3) is 0.500. The van der Waals surface area contributed by atoms with Crippen LogP contribution in [0.25, 0.3) is 5.69 Å². The summed E-state index contributed by atoms with van der Waals surface area (Å²) in [7, 11) is 0. The second-order valence-corrected chi connectivity index (χ2v) is 9.11. The van der Waals surface area contributed by atoms with Gasteiger partial charge in [-0.1, -0.05) is 18.2 Å². The van der Waals surface area contributed by atoms with E-state index in [1.54, 1.807) is 33.6 Å². The Morgan fingerprint density at radius 1 is 0.741 bits per heavy atom. The maximum absolute atomic E-state index is 13.3. The summed E-state index contributed by atoms with van der Waals surface area (Å²) in [5.74, 6) is 1.33. The SMILES string of the molecule is O=C1CCC(=O)[C@@]23C4C5[C@@H]6[C@H]5[C@H]2n2c(=O)n(-c5ccccc5)c(=O)n2[C@@H]6[C@@]143. The van der Waals surface area contributed by atoms with Crippen LogP contribution in [0.15, 0.2) is 39.9 Å². The van der Waals surface area contributed by atoms with Crippen LogP contribution in [0.5, 0.6) is 0 Å². The van der Waals surface area contributed by atoms with E-state index in [2.05, 4.69) is 0 Å². The Morgan fingerprint density at radius 2 is 1.26 bits per heavy atom. The molecule has 8 atom stereocenters. The molecule has 7 nitrogen and oxygen atoms in total. The molecule has 9 rings (SSSR count). The van der Waals surface area contributed by atoms with Gasteiger partial charge in [0.05, 0.1) is 28.6 Å². The zero-order valence-electron chi connectivity index (χ0n) is 14.2. The highest BCUT2D eigenvalue weighted by molar-refractivity contribution is 6.10. The third-order valence-corrected chi connectivity index (χ3v) is 8.87. The van der Waals surface area contributed by atoms with Gasteiger partial charge in [0, 0.05) is 12.8 Å². The minimum Gasteiger partial charge on any atom is -0.299 e. The van der Waals surface area contributed by atoms with Gasteiger partial charge in [-0.25, -0.2) is 23.5 Å². The van der Waals surface area contributed by atoms with Gasteiger partial charge in [0.2, 0.25) is 0 Å². The van der Waals surface area contributed by atoms with E-state index in [0.29, 0.717) is 36.3 Å². The lowest BCUT2D eigenvalue weighted by Gasteiger charge is -2.48. The molecule has 5 fully saturated rings. The summed E-state index contributed by atoms with van der Waals surface area (Å²) in [6, 6.07) is 8.30. The van der Waals surface area contributed by atoms with E-state index in [1.807, 2.05) is 6.07 Å². The summed E-state index contributed by atoms with van der Waals surface area (Å²) in [5.41, 5.74) is -1.57. The second kappa shape index (κ2) is 3.41. The van der Waals surface area contributed by atoms with E-state index in [0.717, 1.165) is 0 Å². The highest BCUT2D eigenvalue weighted by Crippen LogP contribution is 3.03. The number of carbonyl (C=O) groups excluding carboxylic acids is 2. The molecular weight excluding hydrogens is 346 g/mol. The van der Waals surface area contributed by atoms with E-state index in [9.17, 15) is 19.2 Å². The largest absolute Gasteiger partial charge is 0.352 e. The molecule has 7 aliphatic rings. The molecule has 2 bridgehead atoms. The lowest BCUT2D eigenvalue weighted by molar-refractivity contribution is -0.149. The van der Waals surface area contributed by atoms with E-state index in [-0.39, 0.29) is 40.9 Å². The van der Waals surface area contributed by atoms with Crippen molar-refractivity contribution >= 4 is 11.6 Å². The standard InChI is InChI=1S/C20H15N3O4/c24-9-6-7-10(25)20-14-11-12-13(11)16(20)23-18(27)21(8-4-2-1-3-5-8)17(26)22(23)15(12)19(9,14)20/h1-5,11-16H,6-7H2/t11?,12-,13+,14?,15+,16-,19-,20-/m1/s1. The average Bonchev–Trinajstić information content (AvgIpc) is 3.45. The summed E-state index contributed by atoms with van der Waals surface area (Å²) in [4.78, 5) is 52.8. The number of hydrogen-bond donors (Lipinski definition) is 0. The Balaban J connectivity index is 1.50. The van der Waals surface area contributed by atoms with E-state index >= 15 is 0 Å². The summed E-state index contributed by atoms with van der Waals surface area (Å²) in [6.07, 6.45) is 0.589. The van der Waals surface area contributed by atoms with Gasteiger partial charge < -0.3 is 0 Å². The van der Waals surface area contributed by atoms with Gasteiger partial charge in [0.1, 0.15) is 11.6 Å². The van der Waals surface area contributed by atoms with Crippen molar-refractivity contribution in [2.75, 3.05) is 0 Å². The van der Waals surface area contributed by atoms with E-state index in [4.69, 9.17) is 0 Å². The molecule has 1 aromatic carbocycles. The van der Waals surface area contributed by atoms with Crippen molar-refractivity contribution in [2.45, 2.75) is 24.9 Å². The predicted octanol–water partition coefficient (Wildman–Crippen LogP) is 0.320. The number of hydrogen-bond acceptors (Lipinski definition) is 4. The number of rotatable bonds is 1. The van der Waals surface area contributed by atoms with Crippen LogP contribution in [0.2, 0.25) is 0 Å². The quantitative estimate of drug-likeness (QED) is 0.732. The molecule has 1 aromatic heterocycles. The molecule has 5 saturated carbocycles. The van der Waals surface area contributed by atoms with Crippen molar-refractivity contribution in [2.24, 2.45) is 34.5 Å². The van der Waals surface area contributed by atoms with Crippen LogP contribution < -0.4 is 11.4 Å². The van der Waals surface area contributed by atoms with E-state index < -0.39 is 10.8 Å². The lowest BCUT2D eigenvalue weighted by atomic mass is 9.63. The number of benzene rings is 1. The number of ketones is 2. The molecule has 0 radical (unpaired) electrons. The molecule has 7 heteroatoms. The number of nitrogens with zero attached hydrogens (tertiary/aromatic N) is 3. The highest BCUT2D eigenvalue weighted by atomic mass is 16.2. The van der Waals surface area contributed by atoms with Gasteiger partial charge in [0.25, 0.3) is 0 Å². The van der Waals surface area contributed by atoms with Gasteiger partial charge >= 0.3 is 11.4 Å². The fourth-order valence-electron chi connectivity index (χ4n) is 8.56. The minimum absolute atomic E-state index is 0.0777. The van der Waals surface area contributed by atoms with Crippen molar-refractivity contribution < 1.29 is 9.59 Å². The zero-order chi connectivity index (χ0) is 18.0. The van der Waals surface area contributed by atoms with Crippen molar-refractivity contribution in [3.63, 3.8) is 0 Å². The first kappa shape index (κ1) is 13.5. The number of carbonyl (C=O) groups is 2. The Bertz CT molecular complexity index is 1190. The maximum Gasteiger partial charge on any atom is 0.352 e. The second-order valence-electron chi connectivity index (χ2n) is 9.11. The Hall–Kier alpha value is -2.70. The smallest absolute Gasteiger partial charge is 0.299 e. The number of Topliss-reactive ketones (excluding diaryl/α,β-unsaturated/α-hetero) is 2. The Labute approximate surface area is 152 Å². The first-order valence-corrected chi connectivity index (χ1v) is 9.67. The van der Waals surface area contributed by atoms with Crippen LogP contribution >= 0.6 is 0 Å². The third-order valence-electron chi connectivity index (χ3n) is 8.87.